The van der Waals surface area contributed by atoms with Gasteiger partial charge in [0.25, 0.3) is 0 Å². The lowest BCUT2D eigenvalue weighted by atomic mass is 9.94. The third kappa shape index (κ3) is 6.55. The minimum atomic E-state index is -1.67. The van der Waals surface area contributed by atoms with Crippen LogP contribution in [0.5, 0.6) is 0 Å². The first-order valence-corrected chi connectivity index (χ1v) is 9.30. The lowest BCUT2D eigenvalue weighted by Gasteiger charge is -2.24. The van der Waals surface area contributed by atoms with Crippen molar-refractivity contribution in [1.29, 1.82) is 0 Å². The van der Waals surface area contributed by atoms with Gasteiger partial charge in [-0.2, -0.15) is 0 Å². The molecule has 9 heteroatoms. The number of carbonyl (C=O) groups excluding carboxylic acids is 3. The molecule has 0 unspecified atom stereocenters. The number of rotatable bonds is 11. The van der Waals surface area contributed by atoms with Crippen LogP contribution in [0.3, 0.4) is 0 Å². The van der Waals surface area contributed by atoms with Gasteiger partial charge in [0.15, 0.2) is 11.3 Å². The third-order valence-corrected chi connectivity index (χ3v) is 5.42. The maximum Gasteiger partial charge on any atom is 0.334 e. The molecule has 0 fully saturated rings. The SMILES string of the molecule is CCCCC(=O)[C@](N)(CSSC[C@H](N)C(=O)OC)C(=O)OC. The molecule has 0 bridgehead atoms. The first-order chi connectivity index (χ1) is 10.3. The van der Waals surface area contributed by atoms with E-state index in [0.29, 0.717) is 6.42 Å². The zero-order valence-corrected chi connectivity index (χ0v) is 14.8. The van der Waals surface area contributed by atoms with E-state index in [1.165, 1.54) is 35.8 Å². The number of esters is 2. The van der Waals surface area contributed by atoms with E-state index in [-0.39, 0.29) is 23.7 Å². The molecule has 0 aliphatic heterocycles. The molecular weight excluding hydrogens is 328 g/mol. The van der Waals surface area contributed by atoms with Crippen LogP contribution >= 0.6 is 21.6 Å². The lowest BCUT2D eigenvalue weighted by Crippen LogP contribution is -2.57. The molecule has 0 rings (SSSR count). The van der Waals surface area contributed by atoms with Gasteiger partial charge in [-0.15, -0.1) is 0 Å². The Bertz CT molecular complexity index is 395. The molecule has 0 amide bonds. The van der Waals surface area contributed by atoms with E-state index in [4.69, 9.17) is 11.5 Å². The molecule has 0 aromatic rings. The summed E-state index contributed by atoms with van der Waals surface area (Å²) in [6, 6.07) is -0.761. The fraction of sp³-hybridized carbons (Fsp3) is 0.769. The average molecular weight is 352 g/mol. The molecule has 128 valence electrons. The molecule has 4 N–H and O–H groups in total. The van der Waals surface area contributed by atoms with Crippen LogP contribution < -0.4 is 11.5 Å². The number of hydrogen-bond acceptors (Lipinski definition) is 9. The topological polar surface area (TPSA) is 122 Å². The highest BCUT2D eigenvalue weighted by atomic mass is 33.1. The number of nitrogens with two attached hydrogens (primary N) is 2. The van der Waals surface area contributed by atoms with Gasteiger partial charge in [0.05, 0.1) is 14.2 Å². The Morgan fingerprint density at radius 3 is 2.32 bits per heavy atom. The van der Waals surface area contributed by atoms with Crippen LogP contribution in [0.1, 0.15) is 26.2 Å². The number of carbonyl (C=O) groups is 3. The number of Topliss-reactive ketones (excluding diaryl/α,β-unsaturated/α-hetero) is 1. The van der Waals surface area contributed by atoms with Crippen molar-refractivity contribution in [2.45, 2.75) is 37.8 Å². The molecule has 0 aromatic carbocycles. The highest BCUT2D eigenvalue weighted by Crippen LogP contribution is 2.27. The summed E-state index contributed by atoms with van der Waals surface area (Å²) in [5.41, 5.74) is 9.88. The molecule has 0 saturated heterocycles. The standard InChI is InChI=1S/C13H24N2O5S2/c1-4-5-6-10(16)13(15,12(18)20-3)8-22-21-7-9(14)11(17)19-2/h9H,4-8,14-15H2,1-3H3/t9-,13+/m0/s1. The van der Waals surface area contributed by atoms with Crippen LogP contribution in [-0.2, 0) is 23.9 Å². The van der Waals surface area contributed by atoms with Gasteiger partial charge >= 0.3 is 11.9 Å². The van der Waals surface area contributed by atoms with Crippen molar-refractivity contribution in [3.05, 3.63) is 0 Å². The van der Waals surface area contributed by atoms with Gasteiger partial charge < -0.3 is 20.9 Å². The highest BCUT2D eigenvalue weighted by molar-refractivity contribution is 8.76. The Kier molecular flexibility index (Phi) is 10.5. The van der Waals surface area contributed by atoms with E-state index in [0.717, 1.165) is 6.42 Å². The van der Waals surface area contributed by atoms with Crippen molar-refractivity contribution < 1.29 is 23.9 Å². The third-order valence-electron chi connectivity index (χ3n) is 2.93. The van der Waals surface area contributed by atoms with E-state index >= 15 is 0 Å². The van der Waals surface area contributed by atoms with Gasteiger partial charge in [-0.3, -0.25) is 9.59 Å². The van der Waals surface area contributed by atoms with Crippen LogP contribution in [0.2, 0.25) is 0 Å². The maximum atomic E-state index is 12.2. The lowest BCUT2D eigenvalue weighted by molar-refractivity contribution is -0.150. The quantitative estimate of drug-likeness (QED) is 0.237. The van der Waals surface area contributed by atoms with Crippen molar-refractivity contribution >= 4 is 39.3 Å². The predicted molar refractivity (Wildman–Crippen MR) is 88.4 cm³/mol. The largest absolute Gasteiger partial charge is 0.468 e. The number of ether oxygens (including phenoxy) is 2. The maximum absolute atomic E-state index is 12.2. The summed E-state index contributed by atoms with van der Waals surface area (Å²) in [5.74, 6) is -1.26. The Balaban J connectivity index is 4.52. The Morgan fingerprint density at radius 1 is 1.18 bits per heavy atom. The Hall–Kier alpha value is -0.770. The van der Waals surface area contributed by atoms with Crippen molar-refractivity contribution in [3.8, 4) is 0 Å². The molecule has 0 heterocycles. The van der Waals surface area contributed by atoms with Gasteiger partial charge in [0, 0.05) is 17.9 Å². The number of unbranched alkanes of at least 4 members (excludes halogenated alkanes) is 1. The zero-order chi connectivity index (χ0) is 17.2. The van der Waals surface area contributed by atoms with E-state index in [2.05, 4.69) is 9.47 Å². The van der Waals surface area contributed by atoms with Crippen LogP contribution in [0.15, 0.2) is 0 Å². The Labute approximate surface area is 138 Å². The van der Waals surface area contributed by atoms with E-state index in [1.54, 1.807) is 0 Å². The van der Waals surface area contributed by atoms with E-state index in [1.807, 2.05) is 6.92 Å². The highest BCUT2D eigenvalue weighted by Gasteiger charge is 2.42. The molecular formula is C13H24N2O5S2. The van der Waals surface area contributed by atoms with Gasteiger partial charge in [0.1, 0.15) is 6.04 Å². The fourth-order valence-corrected chi connectivity index (χ4v) is 3.93. The van der Waals surface area contributed by atoms with Gasteiger partial charge in [-0.05, 0) is 6.42 Å². The summed E-state index contributed by atoms with van der Waals surface area (Å²) in [4.78, 5) is 35.2. The molecule has 0 aliphatic carbocycles. The average Bonchev–Trinajstić information content (AvgIpc) is 2.53. The molecule has 0 aromatic heterocycles. The van der Waals surface area contributed by atoms with Crippen molar-refractivity contribution in [3.63, 3.8) is 0 Å². The first-order valence-electron chi connectivity index (χ1n) is 6.81. The number of hydrogen-bond donors (Lipinski definition) is 2. The molecule has 0 radical (unpaired) electrons. The monoisotopic (exact) mass is 352 g/mol. The van der Waals surface area contributed by atoms with Gasteiger partial charge in [0.2, 0.25) is 0 Å². The summed E-state index contributed by atoms with van der Waals surface area (Å²) in [7, 11) is 4.91. The zero-order valence-electron chi connectivity index (χ0n) is 13.1. The second kappa shape index (κ2) is 10.9. The van der Waals surface area contributed by atoms with Crippen molar-refractivity contribution in [2.24, 2.45) is 11.5 Å². The van der Waals surface area contributed by atoms with Crippen LogP contribution in [0.4, 0.5) is 0 Å². The Morgan fingerprint density at radius 2 is 1.82 bits per heavy atom. The van der Waals surface area contributed by atoms with Gasteiger partial charge in [-0.1, -0.05) is 34.9 Å². The van der Waals surface area contributed by atoms with Gasteiger partial charge in [-0.25, -0.2) is 4.79 Å². The molecule has 0 spiro atoms. The predicted octanol–water partition coefficient (Wildman–Crippen LogP) is 0.498. The second-order valence-electron chi connectivity index (χ2n) is 4.67. The van der Waals surface area contributed by atoms with Crippen LogP contribution in [0.25, 0.3) is 0 Å². The minimum Gasteiger partial charge on any atom is -0.468 e. The summed E-state index contributed by atoms with van der Waals surface area (Å²) in [6.45, 7) is 1.95. The van der Waals surface area contributed by atoms with Crippen LogP contribution in [0, 0.1) is 0 Å². The van der Waals surface area contributed by atoms with E-state index in [9.17, 15) is 14.4 Å². The fourth-order valence-electron chi connectivity index (χ4n) is 1.47. The van der Waals surface area contributed by atoms with Crippen molar-refractivity contribution in [2.75, 3.05) is 25.7 Å². The number of ketones is 1. The van der Waals surface area contributed by atoms with Crippen molar-refractivity contribution in [1.82, 2.24) is 0 Å². The minimum absolute atomic E-state index is 0.0563. The molecule has 0 saturated carbocycles. The summed E-state index contributed by atoms with van der Waals surface area (Å²) < 4.78 is 9.15. The van der Waals surface area contributed by atoms with E-state index < -0.39 is 23.5 Å². The second-order valence-corrected chi connectivity index (χ2v) is 7.17. The molecule has 0 aliphatic rings. The molecule has 7 nitrogen and oxygen atoms in total. The normalized spacial score (nSPS) is 14.8. The number of methoxy groups -OCH3 is 2. The summed E-state index contributed by atoms with van der Waals surface area (Å²) in [5, 5.41) is 0. The molecule has 22 heavy (non-hydrogen) atoms. The first kappa shape index (κ1) is 21.2. The summed E-state index contributed by atoms with van der Waals surface area (Å²) in [6.07, 6.45) is 1.73. The molecule has 2 atom stereocenters. The smallest absolute Gasteiger partial charge is 0.334 e. The van der Waals surface area contributed by atoms with Crippen LogP contribution in [-0.4, -0.2) is 55.0 Å². The summed E-state index contributed by atoms with van der Waals surface area (Å²) >= 11 is 0.